The topological polar surface area (TPSA) is 106 Å². The van der Waals surface area contributed by atoms with Crippen molar-refractivity contribution >= 4 is 11.9 Å². The van der Waals surface area contributed by atoms with Gasteiger partial charge in [-0.2, -0.15) is 5.26 Å². The quantitative estimate of drug-likeness (QED) is 0.768. The van der Waals surface area contributed by atoms with Crippen LogP contribution >= 0.6 is 0 Å². The molecule has 7 nitrogen and oxygen atoms in total. The standard InChI is InChI=1S/C15H21N3O4/c1-9-13(11(3)19)10(2)17-14(9)15(21)22-8-12(20)18(4)7-5-6-16/h11,17,19H,5,7-8H2,1-4H3/t11-/m1/s1. The first kappa shape index (κ1) is 17.7. The molecule has 2 N–H and O–H groups in total. The second kappa shape index (κ2) is 7.61. The molecule has 1 atom stereocenters. The van der Waals surface area contributed by atoms with Crippen molar-refractivity contribution in [3.8, 4) is 6.07 Å². The van der Waals surface area contributed by atoms with E-state index in [1.165, 1.54) is 4.90 Å². The molecular formula is C15H21N3O4. The molecule has 0 radical (unpaired) electrons. The number of ether oxygens (including phenoxy) is 1. The van der Waals surface area contributed by atoms with Crippen molar-refractivity contribution in [2.75, 3.05) is 20.2 Å². The Morgan fingerprint density at radius 2 is 2.09 bits per heavy atom. The van der Waals surface area contributed by atoms with Crippen molar-refractivity contribution in [1.29, 1.82) is 5.26 Å². The lowest BCUT2D eigenvalue weighted by Crippen LogP contribution is -2.32. The van der Waals surface area contributed by atoms with Gasteiger partial charge in [0.05, 0.1) is 18.6 Å². The Morgan fingerprint density at radius 1 is 1.45 bits per heavy atom. The fourth-order valence-electron chi connectivity index (χ4n) is 2.25. The van der Waals surface area contributed by atoms with E-state index in [1.54, 1.807) is 27.8 Å². The number of esters is 1. The Hall–Kier alpha value is -2.33. The first-order valence-corrected chi connectivity index (χ1v) is 6.94. The van der Waals surface area contributed by atoms with Gasteiger partial charge < -0.3 is 19.7 Å². The number of hydrogen-bond acceptors (Lipinski definition) is 5. The molecule has 0 aliphatic rings. The number of H-pyrrole nitrogens is 1. The number of rotatable bonds is 6. The van der Waals surface area contributed by atoms with Gasteiger partial charge in [-0.25, -0.2) is 4.79 Å². The number of nitrogens with zero attached hydrogens (tertiary/aromatic N) is 2. The third kappa shape index (κ3) is 4.09. The molecule has 0 aliphatic heterocycles. The summed E-state index contributed by atoms with van der Waals surface area (Å²) in [7, 11) is 1.54. The Bertz CT molecular complexity index is 599. The highest BCUT2D eigenvalue weighted by molar-refractivity contribution is 5.91. The zero-order chi connectivity index (χ0) is 16.9. The number of carbonyl (C=O) groups excluding carboxylic acids is 2. The van der Waals surface area contributed by atoms with Gasteiger partial charge in [0.2, 0.25) is 0 Å². The van der Waals surface area contributed by atoms with Crippen molar-refractivity contribution in [3.05, 3.63) is 22.5 Å². The van der Waals surface area contributed by atoms with Gasteiger partial charge in [0, 0.05) is 24.8 Å². The SMILES string of the molecule is Cc1[nH]c(C(=O)OCC(=O)N(C)CCC#N)c(C)c1[C@@H](C)O. The summed E-state index contributed by atoms with van der Waals surface area (Å²) in [6, 6.07) is 1.94. The molecule has 1 amide bonds. The van der Waals surface area contributed by atoms with Crippen LogP contribution in [0.3, 0.4) is 0 Å². The molecule has 0 saturated heterocycles. The molecule has 0 unspecified atom stereocenters. The molecule has 0 spiro atoms. The van der Waals surface area contributed by atoms with Crippen LogP contribution in [-0.4, -0.2) is 47.1 Å². The van der Waals surface area contributed by atoms with Crippen LogP contribution < -0.4 is 0 Å². The van der Waals surface area contributed by atoms with E-state index in [2.05, 4.69) is 4.98 Å². The number of aromatic amines is 1. The Morgan fingerprint density at radius 3 is 2.59 bits per heavy atom. The Balaban J connectivity index is 2.69. The molecule has 0 saturated carbocycles. The van der Waals surface area contributed by atoms with E-state index in [9.17, 15) is 14.7 Å². The van der Waals surface area contributed by atoms with E-state index in [1.807, 2.05) is 6.07 Å². The highest BCUT2D eigenvalue weighted by atomic mass is 16.5. The van der Waals surface area contributed by atoms with Gasteiger partial charge in [0.1, 0.15) is 5.69 Å². The number of aryl methyl sites for hydroxylation is 1. The van der Waals surface area contributed by atoms with E-state index >= 15 is 0 Å². The molecule has 0 aromatic carbocycles. The van der Waals surface area contributed by atoms with Crippen molar-refractivity contribution in [3.63, 3.8) is 0 Å². The number of likely N-dealkylation sites (N-methyl/N-ethyl adjacent to an activating group) is 1. The Kier molecular flexibility index (Phi) is 6.13. The second-order valence-electron chi connectivity index (χ2n) is 5.14. The predicted octanol–water partition coefficient (Wildman–Crippen LogP) is 1.21. The molecule has 1 heterocycles. The third-order valence-electron chi connectivity index (χ3n) is 3.43. The maximum atomic E-state index is 12.0. The number of hydrogen-bond donors (Lipinski definition) is 2. The monoisotopic (exact) mass is 307 g/mol. The average molecular weight is 307 g/mol. The summed E-state index contributed by atoms with van der Waals surface area (Å²) in [6.07, 6.45) is -0.473. The van der Waals surface area contributed by atoms with Crippen LogP contribution in [0.1, 0.15) is 46.8 Å². The van der Waals surface area contributed by atoms with Gasteiger partial charge in [-0.1, -0.05) is 0 Å². The third-order valence-corrected chi connectivity index (χ3v) is 3.43. The lowest BCUT2D eigenvalue weighted by Gasteiger charge is -2.15. The van der Waals surface area contributed by atoms with Gasteiger partial charge in [0.25, 0.3) is 5.91 Å². The summed E-state index contributed by atoms with van der Waals surface area (Å²) < 4.78 is 4.99. The molecule has 0 aliphatic carbocycles. The largest absolute Gasteiger partial charge is 0.451 e. The van der Waals surface area contributed by atoms with Crippen LogP contribution in [0.5, 0.6) is 0 Å². The van der Waals surface area contributed by atoms with Crippen LogP contribution in [0.2, 0.25) is 0 Å². The summed E-state index contributed by atoms with van der Waals surface area (Å²) in [6.45, 7) is 4.99. The van der Waals surface area contributed by atoms with E-state index in [4.69, 9.17) is 10.00 Å². The van der Waals surface area contributed by atoms with Gasteiger partial charge in [-0.05, 0) is 26.3 Å². The van der Waals surface area contributed by atoms with Crippen molar-refractivity contribution < 1.29 is 19.4 Å². The fourth-order valence-corrected chi connectivity index (χ4v) is 2.25. The normalized spacial score (nSPS) is 11.6. The van der Waals surface area contributed by atoms with E-state index in [-0.39, 0.29) is 24.6 Å². The van der Waals surface area contributed by atoms with Crippen LogP contribution in [0.15, 0.2) is 0 Å². The fraction of sp³-hybridized carbons (Fsp3) is 0.533. The zero-order valence-corrected chi connectivity index (χ0v) is 13.3. The minimum Gasteiger partial charge on any atom is -0.451 e. The molecule has 7 heteroatoms. The molecule has 1 aromatic rings. The van der Waals surface area contributed by atoms with Gasteiger partial charge in [0.15, 0.2) is 6.61 Å². The molecule has 1 aromatic heterocycles. The number of carbonyl (C=O) groups is 2. The molecule has 0 fully saturated rings. The maximum absolute atomic E-state index is 12.0. The smallest absolute Gasteiger partial charge is 0.355 e. The van der Waals surface area contributed by atoms with Gasteiger partial charge >= 0.3 is 5.97 Å². The number of nitrogens with one attached hydrogen (secondary N) is 1. The van der Waals surface area contributed by atoms with E-state index in [0.29, 0.717) is 23.4 Å². The molecule has 0 bridgehead atoms. The minimum absolute atomic E-state index is 0.225. The predicted molar refractivity (Wildman–Crippen MR) is 79.1 cm³/mol. The first-order valence-electron chi connectivity index (χ1n) is 6.94. The molecule has 22 heavy (non-hydrogen) atoms. The summed E-state index contributed by atoms with van der Waals surface area (Å²) in [5.74, 6) is -1.02. The van der Waals surface area contributed by atoms with Crippen molar-refractivity contribution in [1.82, 2.24) is 9.88 Å². The van der Waals surface area contributed by atoms with Crippen molar-refractivity contribution in [2.24, 2.45) is 0 Å². The molecule has 1 rings (SSSR count). The lowest BCUT2D eigenvalue weighted by molar-refractivity contribution is -0.133. The summed E-state index contributed by atoms with van der Waals surface area (Å²) in [4.78, 5) is 28.0. The van der Waals surface area contributed by atoms with Crippen LogP contribution in [0.25, 0.3) is 0 Å². The molecule has 120 valence electrons. The summed E-state index contributed by atoms with van der Waals surface area (Å²) >= 11 is 0. The molecular weight excluding hydrogens is 286 g/mol. The number of aliphatic hydroxyl groups is 1. The van der Waals surface area contributed by atoms with Gasteiger partial charge in [-0.3, -0.25) is 4.79 Å². The van der Waals surface area contributed by atoms with Crippen LogP contribution in [-0.2, 0) is 9.53 Å². The number of nitriles is 1. The first-order chi connectivity index (χ1) is 10.3. The van der Waals surface area contributed by atoms with Crippen molar-refractivity contribution in [2.45, 2.75) is 33.3 Å². The summed E-state index contributed by atoms with van der Waals surface area (Å²) in [5.41, 5.74) is 2.20. The maximum Gasteiger partial charge on any atom is 0.355 e. The lowest BCUT2D eigenvalue weighted by atomic mass is 10.1. The van der Waals surface area contributed by atoms with Crippen LogP contribution in [0.4, 0.5) is 0 Å². The summed E-state index contributed by atoms with van der Waals surface area (Å²) in [5, 5.41) is 18.2. The average Bonchev–Trinajstić information content (AvgIpc) is 2.76. The highest BCUT2D eigenvalue weighted by Crippen LogP contribution is 2.24. The minimum atomic E-state index is -0.698. The zero-order valence-electron chi connectivity index (χ0n) is 13.3. The highest BCUT2D eigenvalue weighted by Gasteiger charge is 2.22. The van der Waals surface area contributed by atoms with E-state index in [0.717, 1.165) is 0 Å². The number of aliphatic hydroxyl groups excluding tert-OH is 1. The van der Waals surface area contributed by atoms with Gasteiger partial charge in [-0.15, -0.1) is 0 Å². The van der Waals surface area contributed by atoms with E-state index < -0.39 is 12.1 Å². The number of amides is 1. The Labute approximate surface area is 129 Å². The van der Waals surface area contributed by atoms with Crippen LogP contribution in [0, 0.1) is 25.2 Å². The second-order valence-corrected chi connectivity index (χ2v) is 5.14. The number of aromatic nitrogens is 1.